The highest BCUT2D eigenvalue weighted by Gasteiger charge is 2.19. The number of benzene rings is 1. The van der Waals surface area contributed by atoms with Gasteiger partial charge in [-0.25, -0.2) is 13.1 Å². The maximum Gasteiger partial charge on any atom is 0.241 e. The number of nitrogens with one attached hydrogen (secondary N) is 1. The van der Waals surface area contributed by atoms with Gasteiger partial charge in [0, 0.05) is 5.56 Å². The quantitative estimate of drug-likeness (QED) is 0.814. The molecule has 0 aliphatic heterocycles. The smallest absolute Gasteiger partial charge is 0.241 e. The van der Waals surface area contributed by atoms with Crippen molar-refractivity contribution in [3.05, 3.63) is 54.0 Å². The van der Waals surface area contributed by atoms with Crippen molar-refractivity contribution in [2.45, 2.75) is 11.4 Å². The van der Waals surface area contributed by atoms with Gasteiger partial charge in [0.15, 0.2) is 0 Å². The van der Waals surface area contributed by atoms with Gasteiger partial charge in [-0.2, -0.15) is 0 Å². The van der Waals surface area contributed by atoms with Crippen molar-refractivity contribution < 1.29 is 12.8 Å². The first-order chi connectivity index (χ1) is 9.00. The van der Waals surface area contributed by atoms with E-state index in [1.165, 1.54) is 12.3 Å². The predicted octanol–water partition coefficient (Wildman–Crippen LogP) is 1.39. The van der Waals surface area contributed by atoms with E-state index >= 15 is 0 Å². The zero-order valence-corrected chi connectivity index (χ0v) is 11.5. The van der Waals surface area contributed by atoms with E-state index in [1.54, 1.807) is 30.3 Å². The first-order valence-electron chi connectivity index (χ1n) is 5.41. The highest BCUT2D eigenvalue weighted by molar-refractivity contribution is 7.89. The van der Waals surface area contributed by atoms with Crippen LogP contribution in [0.3, 0.4) is 0 Å². The molecule has 19 heavy (non-hydrogen) atoms. The summed E-state index contributed by atoms with van der Waals surface area (Å²) in [6, 6.07) is 9.70. The molecule has 0 aliphatic carbocycles. The van der Waals surface area contributed by atoms with Gasteiger partial charge in [0.05, 0.1) is 17.7 Å². The van der Waals surface area contributed by atoms with Crippen molar-refractivity contribution in [1.29, 1.82) is 0 Å². The molecule has 0 bridgehead atoms. The Morgan fingerprint density at radius 1 is 1.26 bits per heavy atom. The van der Waals surface area contributed by atoms with Gasteiger partial charge in [0.25, 0.3) is 0 Å². The summed E-state index contributed by atoms with van der Waals surface area (Å²) in [5.74, 6) is 0.524. The lowest BCUT2D eigenvalue weighted by Crippen LogP contribution is -2.26. The van der Waals surface area contributed by atoms with Crippen LogP contribution in [0.15, 0.2) is 52.0 Å². The monoisotopic (exact) mass is 296 g/mol. The van der Waals surface area contributed by atoms with E-state index < -0.39 is 10.0 Å². The third-order valence-corrected chi connectivity index (χ3v) is 4.14. The van der Waals surface area contributed by atoms with Crippen molar-refractivity contribution in [3.63, 3.8) is 0 Å². The predicted molar refractivity (Wildman–Crippen MR) is 75.1 cm³/mol. The second-order valence-corrected chi connectivity index (χ2v) is 5.94. The van der Waals surface area contributed by atoms with Gasteiger partial charge >= 0.3 is 0 Å². The zero-order valence-electron chi connectivity index (χ0n) is 9.87. The maximum atomic E-state index is 12.2. The van der Waals surface area contributed by atoms with Gasteiger partial charge in [0.2, 0.25) is 10.0 Å². The molecule has 0 fully saturated rings. The number of hydrogen-bond donors (Lipinski definition) is 2. The van der Waals surface area contributed by atoms with Crippen LogP contribution in [-0.2, 0) is 16.6 Å². The third-order valence-electron chi connectivity index (χ3n) is 2.46. The summed E-state index contributed by atoms with van der Waals surface area (Å²) in [6.07, 6.45) is 1.48. The summed E-state index contributed by atoms with van der Waals surface area (Å²) in [6.45, 7) is 0.0704. The fourth-order valence-corrected chi connectivity index (χ4v) is 3.02. The van der Waals surface area contributed by atoms with Crippen LogP contribution in [0.4, 0.5) is 0 Å². The normalized spacial score (nSPS) is 11.4. The van der Waals surface area contributed by atoms with Crippen LogP contribution in [0.1, 0.15) is 11.3 Å². The largest absolute Gasteiger partial charge is 0.468 e. The van der Waals surface area contributed by atoms with Gasteiger partial charge in [-0.3, -0.25) is 0 Å². The second-order valence-electron chi connectivity index (χ2n) is 3.76. The number of thiocarbonyl (C=S) groups is 1. The molecule has 0 radical (unpaired) electrons. The van der Waals surface area contributed by atoms with Gasteiger partial charge < -0.3 is 10.2 Å². The molecule has 1 aromatic carbocycles. The molecule has 2 aromatic rings. The Hall–Kier alpha value is -1.70. The Kier molecular flexibility index (Phi) is 3.98. The van der Waals surface area contributed by atoms with Crippen LogP contribution in [0.5, 0.6) is 0 Å². The third kappa shape index (κ3) is 3.19. The number of sulfonamides is 1. The van der Waals surface area contributed by atoms with E-state index in [2.05, 4.69) is 4.72 Å². The van der Waals surface area contributed by atoms with E-state index in [-0.39, 0.29) is 16.4 Å². The van der Waals surface area contributed by atoms with E-state index in [9.17, 15) is 8.42 Å². The van der Waals surface area contributed by atoms with Gasteiger partial charge in [0.1, 0.15) is 10.7 Å². The molecular weight excluding hydrogens is 284 g/mol. The lowest BCUT2D eigenvalue weighted by atomic mass is 10.2. The first kappa shape index (κ1) is 13.7. The van der Waals surface area contributed by atoms with E-state index in [4.69, 9.17) is 22.4 Å². The molecule has 0 saturated heterocycles. The molecule has 1 aromatic heterocycles. The molecule has 0 atom stereocenters. The number of furan rings is 1. The molecule has 0 spiro atoms. The van der Waals surface area contributed by atoms with Gasteiger partial charge in [-0.05, 0) is 18.2 Å². The summed E-state index contributed by atoms with van der Waals surface area (Å²) in [7, 11) is -3.69. The van der Waals surface area contributed by atoms with Crippen LogP contribution in [0.25, 0.3) is 0 Å². The summed E-state index contributed by atoms with van der Waals surface area (Å²) in [4.78, 5) is 0.105. The zero-order chi connectivity index (χ0) is 13.9. The molecule has 0 aliphatic rings. The Balaban J connectivity index is 2.27. The number of rotatable bonds is 5. The highest BCUT2D eigenvalue weighted by atomic mass is 32.2. The maximum absolute atomic E-state index is 12.2. The average molecular weight is 296 g/mol. The number of nitrogens with two attached hydrogens (primary N) is 1. The number of hydrogen-bond acceptors (Lipinski definition) is 4. The van der Waals surface area contributed by atoms with Crippen molar-refractivity contribution in [3.8, 4) is 0 Å². The molecule has 100 valence electrons. The Morgan fingerprint density at radius 2 is 2.00 bits per heavy atom. The molecule has 3 N–H and O–H groups in total. The SMILES string of the molecule is NC(=S)c1ccccc1S(=O)(=O)NCc1ccco1. The van der Waals surface area contributed by atoms with Gasteiger partial charge in [-0.1, -0.05) is 30.4 Å². The van der Waals surface area contributed by atoms with Crippen molar-refractivity contribution in [2.75, 3.05) is 0 Å². The summed E-state index contributed by atoms with van der Waals surface area (Å²) < 4.78 is 31.9. The molecule has 0 unspecified atom stereocenters. The molecule has 7 heteroatoms. The summed E-state index contributed by atoms with van der Waals surface area (Å²) >= 11 is 4.85. The first-order valence-corrected chi connectivity index (χ1v) is 7.31. The Labute approximate surface area is 116 Å². The van der Waals surface area contributed by atoms with E-state index in [0.29, 0.717) is 11.3 Å². The Bertz CT molecular complexity index is 679. The lowest BCUT2D eigenvalue weighted by molar-refractivity contribution is 0.498. The fourth-order valence-electron chi connectivity index (χ4n) is 1.56. The van der Waals surface area contributed by atoms with Crippen LogP contribution < -0.4 is 10.5 Å². The molecule has 0 saturated carbocycles. The molecule has 2 rings (SSSR count). The van der Waals surface area contributed by atoms with Crippen LogP contribution in [-0.4, -0.2) is 13.4 Å². The topological polar surface area (TPSA) is 85.3 Å². The molecule has 5 nitrogen and oxygen atoms in total. The highest BCUT2D eigenvalue weighted by Crippen LogP contribution is 2.15. The van der Waals surface area contributed by atoms with Crippen molar-refractivity contribution in [2.24, 2.45) is 5.73 Å². The van der Waals surface area contributed by atoms with Crippen LogP contribution in [0.2, 0.25) is 0 Å². The Morgan fingerprint density at radius 3 is 2.63 bits per heavy atom. The van der Waals surface area contributed by atoms with Crippen LogP contribution >= 0.6 is 12.2 Å². The molecular formula is C12H12N2O3S2. The fraction of sp³-hybridized carbons (Fsp3) is 0.0833. The standard InChI is InChI=1S/C12H12N2O3S2/c13-12(18)10-5-1-2-6-11(10)19(15,16)14-8-9-4-3-7-17-9/h1-7,14H,8H2,(H2,13,18). The summed E-state index contributed by atoms with van der Waals surface area (Å²) in [5, 5.41) is 0. The second kappa shape index (κ2) is 5.52. The molecule has 0 amide bonds. The summed E-state index contributed by atoms with van der Waals surface area (Å²) in [5.41, 5.74) is 5.85. The van der Waals surface area contributed by atoms with Crippen molar-refractivity contribution >= 4 is 27.2 Å². The molecule has 1 heterocycles. The minimum Gasteiger partial charge on any atom is -0.468 e. The van der Waals surface area contributed by atoms with Crippen LogP contribution in [0, 0.1) is 0 Å². The minimum atomic E-state index is -3.69. The van der Waals surface area contributed by atoms with Crippen molar-refractivity contribution in [1.82, 2.24) is 4.72 Å². The van der Waals surface area contributed by atoms with Gasteiger partial charge in [-0.15, -0.1) is 0 Å². The minimum absolute atomic E-state index is 0.0407. The average Bonchev–Trinajstić information content (AvgIpc) is 2.89. The lowest BCUT2D eigenvalue weighted by Gasteiger charge is -2.09. The van der Waals surface area contributed by atoms with E-state index in [1.807, 2.05) is 0 Å². The van der Waals surface area contributed by atoms with E-state index in [0.717, 1.165) is 0 Å².